The van der Waals surface area contributed by atoms with Crippen LogP contribution >= 0.6 is 0 Å². The van der Waals surface area contributed by atoms with Crippen LogP contribution in [0.15, 0.2) is 41.7 Å². The molecule has 0 bridgehead atoms. The molecule has 1 aliphatic carbocycles. The summed E-state index contributed by atoms with van der Waals surface area (Å²) in [6.45, 7) is 0. The van der Waals surface area contributed by atoms with Crippen LogP contribution in [-0.2, 0) is 21.7 Å². The molecule has 1 amide bonds. The lowest BCUT2D eigenvalue weighted by atomic mass is 10.1. The molecule has 188 valence electrons. The molecule has 0 aliphatic heterocycles. The number of pyridine rings is 1. The number of H-pyrrole nitrogens is 1. The molecule has 1 fully saturated rings. The molecule has 4 aromatic rings. The van der Waals surface area contributed by atoms with Crippen molar-refractivity contribution in [1.82, 2.24) is 24.5 Å². The van der Waals surface area contributed by atoms with E-state index in [1.54, 1.807) is 30.2 Å². The number of amides is 1. The SMILES string of the molecule is Cn1cnc(-c2ccc(Nc3cc(NC(=O)[C@H]4C[C@H]4F)nc4[nH]c(C(F)F)nc34)c(S(C)(=O)=O)c2)c1. The number of halogens is 3. The van der Waals surface area contributed by atoms with E-state index < -0.39 is 40.1 Å². The van der Waals surface area contributed by atoms with Crippen molar-refractivity contribution in [2.45, 2.75) is 23.9 Å². The third-order valence-corrected chi connectivity index (χ3v) is 6.77. The van der Waals surface area contributed by atoms with Crippen molar-refractivity contribution in [3.8, 4) is 11.3 Å². The fourth-order valence-electron chi connectivity index (χ4n) is 3.72. The van der Waals surface area contributed by atoms with Crippen molar-refractivity contribution in [1.29, 1.82) is 0 Å². The second-order valence-electron chi connectivity index (χ2n) is 8.55. The normalized spacial score (nSPS) is 17.5. The number of aromatic nitrogens is 5. The number of carbonyl (C=O) groups is 1. The Morgan fingerprint density at radius 3 is 2.58 bits per heavy atom. The predicted octanol–water partition coefficient (Wildman–Crippen LogP) is 3.74. The Labute approximate surface area is 202 Å². The van der Waals surface area contributed by atoms with Gasteiger partial charge in [-0.25, -0.2) is 36.5 Å². The lowest BCUT2D eigenvalue weighted by Crippen LogP contribution is -2.16. The van der Waals surface area contributed by atoms with Crippen LogP contribution in [0.4, 0.5) is 30.4 Å². The van der Waals surface area contributed by atoms with Crippen LogP contribution in [-0.4, -0.2) is 51.3 Å². The summed E-state index contributed by atoms with van der Waals surface area (Å²) in [5.41, 5.74) is 1.32. The monoisotopic (exact) mass is 519 g/mol. The van der Waals surface area contributed by atoms with Crippen molar-refractivity contribution in [2.75, 3.05) is 16.9 Å². The predicted molar refractivity (Wildman–Crippen MR) is 126 cm³/mol. The summed E-state index contributed by atoms with van der Waals surface area (Å²) in [5.74, 6) is -2.08. The third-order valence-electron chi connectivity index (χ3n) is 5.63. The number of fused-ring (bicyclic) bond motifs is 1. The highest BCUT2D eigenvalue weighted by atomic mass is 32.2. The van der Waals surface area contributed by atoms with E-state index in [1.807, 2.05) is 0 Å². The maximum absolute atomic E-state index is 13.3. The van der Waals surface area contributed by atoms with Crippen molar-refractivity contribution >= 4 is 44.1 Å². The summed E-state index contributed by atoms with van der Waals surface area (Å²) in [6.07, 6.45) is 0.283. The Morgan fingerprint density at radius 2 is 1.97 bits per heavy atom. The average molecular weight is 520 g/mol. The summed E-state index contributed by atoms with van der Waals surface area (Å²) in [6, 6.07) is 5.95. The molecule has 1 aliphatic rings. The minimum atomic E-state index is -3.75. The van der Waals surface area contributed by atoms with Gasteiger partial charge in [0, 0.05) is 31.1 Å². The Morgan fingerprint density at radius 1 is 1.22 bits per heavy atom. The molecule has 3 aromatic heterocycles. The molecule has 3 heterocycles. The fraction of sp³-hybridized carbons (Fsp3) is 0.273. The summed E-state index contributed by atoms with van der Waals surface area (Å²) in [7, 11) is -1.97. The van der Waals surface area contributed by atoms with Gasteiger partial charge in [0.15, 0.2) is 21.3 Å². The van der Waals surface area contributed by atoms with E-state index >= 15 is 0 Å². The fourth-order valence-corrected chi connectivity index (χ4v) is 4.58. The number of rotatable bonds is 7. The standard InChI is InChI=1S/C22H20F3N7O3S/c1-32-8-15(26-9-32)10-3-4-13(16(5-10)36(2,34)35)27-14-7-17(29-22(33)11-6-12(11)23)28-20-18(14)30-21(31-20)19(24)25/h3-5,7-9,11-12,19H,6H2,1-2H3,(H3,27,28,29,30,31,33)/t11-,12+/m0/s1. The first-order valence-corrected chi connectivity index (χ1v) is 12.6. The molecule has 1 aromatic carbocycles. The van der Waals surface area contributed by atoms with E-state index in [4.69, 9.17) is 0 Å². The number of hydrogen-bond donors (Lipinski definition) is 3. The second kappa shape index (κ2) is 8.62. The first-order chi connectivity index (χ1) is 17.0. The topological polar surface area (TPSA) is 135 Å². The number of alkyl halides is 3. The number of sulfone groups is 1. The third kappa shape index (κ3) is 4.63. The Hall–Kier alpha value is -3.94. The van der Waals surface area contributed by atoms with Crippen molar-refractivity contribution in [3.05, 3.63) is 42.6 Å². The van der Waals surface area contributed by atoms with Crippen molar-refractivity contribution < 1.29 is 26.4 Å². The van der Waals surface area contributed by atoms with Gasteiger partial charge < -0.3 is 20.2 Å². The van der Waals surface area contributed by atoms with Crippen LogP contribution in [0.1, 0.15) is 18.7 Å². The van der Waals surface area contributed by atoms with Gasteiger partial charge in [0.2, 0.25) is 5.91 Å². The van der Waals surface area contributed by atoms with Crippen LogP contribution in [0.2, 0.25) is 0 Å². The van der Waals surface area contributed by atoms with E-state index in [2.05, 4.69) is 30.6 Å². The maximum atomic E-state index is 13.3. The zero-order chi connectivity index (χ0) is 25.8. The van der Waals surface area contributed by atoms with E-state index in [-0.39, 0.29) is 39.7 Å². The molecule has 0 saturated heterocycles. The van der Waals surface area contributed by atoms with Gasteiger partial charge in [0.05, 0.1) is 34.2 Å². The number of anilines is 3. The number of aryl methyl sites for hydroxylation is 1. The van der Waals surface area contributed by atoms with Gasteiger partial charge in [-0.05, 0) is 18.6 Å². The van der Waals surface area contributed by atoms with Crippen LogP contribution in [0, 0.1) is 5.92 Å². The summed E-state index contributed by atoms with van der Waals surface area (Å²) in [5, 5.41) is 5.40. The number of benzene rings is 1. The van der Waals surface area contributed by atoms with Gasteiger partial charge in [-0.3, -0.25) is 4.79 Å². The van der Waals surface area contributed by atoms with E-state index in [1.165, 1.54) is 18.2 Å². The smallest absolute Gasteiger partial charge is 0.295 e. The average Bonchev–Trinajstić information content (AvgIpc) is 3.17. The molecular formula is C22H20F3N7O3S. The van der Waals surface area contributed by atoms with Gasteiger partial charge in [-0.1, -0.05) is 6.07 Å². The number of nitrogens with one attached hydrogen (secondary N) is 3. The quantitative estimate of drug-likeness (QED) is 0.339. The number of nitrogens with zero attached hydrogens (tertiary/aromatic N) is 4. The van der Waals surface area contributed by atoms with E-state index in [9.17, 15) is 26.4 Å². The first kappa shape index (κ1) is 23.8. The molecular weight excluding hydrogens is 499 g/mol. The lowest BCUT2D eigenvalue weighted by Gasteiger charge is -2.14. The largest absolute Gasteiger partial charge is 0.352 e. The highest BCUT2D eigenvalue weighted by Crippen LogP contribution is 2.36. The second-order valence-corrected chi connectivity index (χ2v) is 10.5. The molecule has 10 nitrogen and oxygen atoms in total. The molecule has 5 rings (SSSR count). The number of aromatic amines is 1. The molecule has 0 unspecified atom stereocenters. The summed E-state index contributed by atoms with van der Waals surface area (Å²) in [4.78, 5) is 26.8. The van der Waals surface area contributed by atoms with Crippen molar-refractivity contribution in [3.63, 3.8) is 0 Å². The van der Waals surface area contributed by atoms with Crippen molar-refractivity contribution in [2.24, 2.45) is 13.0 Å². The molecule has 1 saturated carbocycles. The van der Waals surface area contributed by atoms with E-state index in [0.717, 1.165) is 6.26 Å². The molecule has 0 spiro atoms. The number of imidazole rings is 2. The number of hydrogen-bond acceptors (Lipinski definition) is 7. The molecule has 36 heavy (non-hydrogen) atoms. The molecule has 2 atom stereocenters. The van der Waals surface area contributed by atoms with Crippen LogP contribution < -0.4 is 10.6 Å². The van der Waals surface area contributed by atoms with Gasteiger partial charge in [0.25, 0.3) is 6.43 Å². The first-order valence-electron chi connectivity index (χ1n) is 10.7. The van der Waals surface area contributed by atoms with Crippen LogP contribution in [0.3, 0.4) is 0 Å². The summed E-state index contributed by atoms with van der Waals surface area (Å²) < 4.78 is 66.9. The van der Waals surface area contributed by atoms with Gasteiger partial charge in [-0.2, -0.15) is 0 Å². The van der Waals surface area contributed by atoms with Gasteiger partial charge in [0.1, 0.15) is 17.5 Å². The van der Waals surface area contributed by atoms with Crippen LogP contribution in [0.25, 0.3) is 22.4 Å². The lowest BCUT2D eigenvalue weighted by molar-refractivity contribution is -0.117. The minimum Gasteiger partial charge on any atom is -0.352 e. The summed E-state index contributed by atoms with van der Waals surface area (Å²) >= 11 is 0. The Bertz CT molecular complexity index is 1600. The molecule has 14 heteroatoms. The van der Waals surface area contributed by atoms with Gasteiger partial charge in [-0.15, -0.1) is 0 Å². The van der Waals surface area contributed by atoms with Gasteiger partial charge >= 0.3 is 0 Å². The minimum absolute atomic E-state index is 0.00587. The zero-order valence-corrected chi connectivity index (χ0v) is 19.8. The Balaban J connectivity index is 1.58. The molecule has 3 N–H and O–H groups in total. The van der Waals surface area contributed by atoms with E-state index in [0.29, 0.717) is 11.3 Å². The maximum Gasteiger partial charge on any atom is 0.295 e. The Kier molecular flexibility index (Phi) is 5.70. The highest BCUT2D eigenvalue weighted by Gasteiger charge is 2.43. The number of carbonyl (C=O) groups excluding carboxylic acids is 1. The highest BCUT2D eigenvalue weighted by molar-refractivity contribution is 7.90. The zero-order valence-electron chi connectivity index (χ0n) is 19.0. The van der Waals surface area contributed by atoms with Crippen LogP contribution in [0.5, 0.6) is 0 Å². The molecule has 0 radical (unpaired) electrons.